The number of benzene rings is 1. The number of amides is 1. The zero-order valence-electron chi connectivity index (χ0n) is 26.5. The van der Waals surface area contributed by atoms with Crippen molar-refractivity contribution in [3.05, 3.63) is 29.3 Å². The standard InChI is InChI=1S/C32H43F6N3O4/c1-7-22-10-11-24(25(20-22)39-16-12-23(13-17-39)26(42)45-29(4,5)6)21-41(9-3)30(8-2)14-18-40(19-15-30)28(43)44-27(31(33,34)35)32(36,37)38/h1,10-11,20,23,27H,8-9,12-19,21H2,2-6H3. The topological polar surface area (TPSA) is 62.3 Å². The van der Waals surface area contributed by atoms with E-state index in [9.17, 15) is 35.9 Å². The highest BCUT2D eigenvalue weighted by molar-refractivity contribution is 5.73. The molecular formula is C32H43F6N3O4. The lowest BCUT2D eigenvalue weighted by molar-refractivity contribution is -0.308. The number of nitrogens with zero attached hydrogens (tertiary/aromatic N) is 3. The summed E-state index contributed by atoms with van der Waals surface area (Å²) in [6.45, 7) is 11.8. The second-order valence-corrected chi connectivity index (χ2v) is 12.7. The van der Waals surface area contributed by atoms with Gasteiger partial charge in [-0.15, -0.1) is 6.42 Å². The Kier molecular flexibility index (Phi) is 11.4. The van der Waals surface area contributed by atoms with Crippen molar-refractivity contribution in [2.24, 2.45) is 5.92 Å². The molecule has 0 spiro atoms. The number of hydrogen-bond donors (Lipinski definition) is 0. The number of piperidine rings is 2. The molecule has 0 unspecified atom stereocenters. The van der Waals surface area contributed by atoms with E-state index in [0.717, 1.165) is 16.2 Å². The highest BCUT2D eigenvalue weighted by Crippen LogP contribution is 2.39. The molecule has 0 bridgehead atoms. The number of carbonyl (C=O) groups is 2. The molecule has 0 atom stereocenters. The summed E-state index contributed by atoms with van der Waals surface area (Å²) in [6.07, 6.45) is -9.06. The van der Waals surface area contributed by atoms with Gasteiger partial charge in [0, 0.05) is 49.5 Å². The van der Waals surface area contributed by atoms with Gasteiger partial charge in [0.2, 0.25) is 0 Å². The molecule has 1 aromatic carbocycles. The van der Waals surface area contributed by atoms with Crippen LogP contribution in [0.5, 0.6) is 0 Å². The maximum Gasteiger partial charge on any atom is 0.434 e. The van der Waals surface area contributed by atoms with E-state index in [1.807, 2.05) is 52.8 Å². The number of carbonyl (C=O) groups excluding carboxylic acids is 2. The fraction of sp³-hybridized carbons (Fsp3) is 0.688. The summed E-state index contributed by atoms with van der Waals surface area (Å²) in [5.74, 6) is 2.27. The van der Waals surface area contributed by atoms with Crippen molar-refractivity contribution in [1.29, 1.82) is 0 Å². The number of halogens is 6. The van der Waals surface area contributed by atoms with Crippen molar-refractivity contribution >= 4 is 17.7 Å². The first kappa shape index (κ1) is 36.3. The third kappa shape index (κ3) is 9.21. The SMILES string of the molecule is C#Cc1ccc(CN(CC)C2(CC)CCN(C(=O)OC(C(F)(F)F)C(F)(F)F)CC2)c(N2CCC(C(=O)OC(C)(C)C)CC2)c1. The maximum atomic E-state index is 13.0. The Morgan fingerprint density at radius 2 is 1.60 bits per heavy atom. The lowest BCUT2D eigenvalue weighted by Gasteiger charge is -2.48. The van der Waals surface area contributed by atoms with Crippen LogP contribution in [0.1, 0.15) is 77.8 Å². The summed E-state index contributed by atoms with van der Waals surface area (Å²) < 4.78 is 87.2. The minimum absolute atomic E-state index is 0.0489. The average Bonchev–Trinajstić information content (AvgIpc) is 2.96. The molecule has 2 fully saturated rings. The number of esters is 1. The summed E-state index contributed by atoms with van der Waals surface area (Å²) in [5, 5.41) is 0. The normalized spacial score (nSPS) is 18.2. The summed E-state index contributed by atoms with van der Waals surface area (Å²) in [7, 11) is 0. The first-order chi connectivity index (χ1) is 20.8. The molecule has 0 N–H and O–H groups in total. The van der Waals surface area contributed by atoms with Crippen LogP contribution in [-0.4, -0.2) is 84.2 Å². The molecule has 2 aliphatic rings. The molecule has 3 rings (SSSR count). The third-order valence-electron chi connectivity index (χ3n) is 8.67. The fourth-order valence-electron chi connectivity index (χ4n) is 6.14. The van der Waals surface area contributed by atoms with Crippen LogP contribution < -0.4 is 4.90 Å². The van der Waals surface area contributed by atoms with Gasteiger partial charge >= 0.3 is 24.4 Å². The van der Waals surface area contributed by atoms with Crippen molar-refractivity contribution in [2.45, 2.75) is 103 Å². The molecule has 2 aliphatic heterocycles. The molecule has 1 aromatic rings. The number of likely N-dealkylation sites (tertiary alicyclic amines) is 1. The number of anilines is 1. The molecule has 0 radical (unpaired) electrons. The van der Waals surface area contributed by atoms with Gasteiger partial charge in [-0.05, 0) is 77.1 Å². The molecule has 0 saturated carbocycles. The van der Waals surface area contributed by atoms with Gasteiger partial charge in [-0.2, -0.15) is 26.3 Å². The largest absolute Gasteiger partial charge is 0.460 e. The van der Waals surface area contributed by atoms with Gasteiger partial charge in [-0.25, -0.2) is 4.79 Å². The average molecular weight is 648 g/mol. The predicted molar refractivity (Wildman–Crippen MR) is 157 cm³/mol. The zero-order valence-corrected chi connectivity index (χ0v) is 26.5. The monoisotopic (exact) mass is 647 g/mol. The minimum atomic E-state index is -5.77. The molecular weight excluding hydrogens is 604 g/mol. The van der Waals surface area contributed by atoms with Crippen molar-refractivity contribution in [3.63, 3.8) is 0 Å². The van der Waals surface area contributed by atoms with Gasteiger partial charge in [0.25, 0.3) is 6.10 Å². The van der Waals surface area contributed by atoms with Gasteiger partial charge < -0.3 is 19.3 Å². The number of hydrogen-bond acceptors (Lipinski definition) is 6. The van der Waals surface area contributed by atoms with Crippen molar-refractivity contribution in [3.8, 4) is 12.3 Å². The van der Waals surface area contributed by atoms with E-state index >= 15 is 0 Å². The summed E-state index contributed by atoms with van der Waals surface area (Å²) >= 11 is 0. The van der Waals surface area contributed by atoms with Crippen molar-refractivity contribution in [1.82, 2.24) is 9.80 Å². The molecule has 2 heterocycles. The summed E-state index contributed by atoms with van der Waals surface area (Å²) in [6, 6.07) is 5.78. The van der Waals surface area contributed by atoms with Crippen molar-refractivity contribution < 1.29 is 45.4 Å². The highest BCUT2D eigenvalue weighted by Gasteiger charge is 2.60. The number of rotatable bonds is 8. The van der Waals surface area contributed by atoms with E-state index in [2.05, 4.69) is 20.5 Å². The van der Waals surface area contributed by atoms with Crippen LogP contribution in [-0.2, 0) is 20.8 Å². The predicted octanol–water partition coefficient (Wildman–Crippen LogP) is 6.92. The van der Waals surface area contributed by atoms with Crippen LogP contribution in [0.15, 0.2) is 18.2 Å². The van der Waals surface area contributed by atoms with Crippen LogP contribution in [0.4, 0.5) is 36.8 Å². The molecule has 45 heavy (non-hydrogen) atoms. The lowest BCUT2D eigenvalue weighted by atomic mass is 9.82. The number of terminal acetylenes is 1. The van der Waals surface area contributed by atoms with Gasteiger partial charge in [-0.3, -0.25) is 9.69 Å². The molecule has 7 nitrogen and oxygen atoms in total. The van der Waals surface area contributed by atoms with Crippen LogP contribution in [0.2, 0.25) is 0 Å². The fourth-order valence-corrected chi connectivity index (χ4v) is 6.14. The Balaban J connectivity index is 1.74. The number of alkyl halides is 6. The Labute approximate surface area is 261 Å². The van der Waals surface area contributed by atoms with E-state index in [0.29, 0.717) is 63.8 Å². The van der Waals surface area contributed by atoms with Gasteiger partial charge in [0.1, 0.15) is 5.60 Å². The second-order valence-electron chi connectivity index (χ2n) is 12.7. The quantitative estimate of drug-likeness (QED) is 0.174. The summed E-state index contributed by atoms with van der Waals surface area (Å²) in [5.41, 5.74) is 1.64. The van der Waals surface area contributed by atoms with Gasteiger partial charge in [0.05, 0.1) is 5.92 Å². The molecule has 0 aromatic heterocycles. The lowest BCUT2D eigenvalue weighted by Crippen LogP contribution is -2.56. The first-order valence-corrected chi connectivity index (χ1v) is 15.2. The van der Waals surface area contributed by atoms with Crippen molar-refractivity contribution in [2.75, 3.05) is 37.6 Å². The molecule has 1 amide bonds. The van der Waals surface area contributed by atoms with Gasteiger partial charge in [0.15, 0.2) is 0 Å². The smallest absolute Gasteiger partial charge is 0.434 e. The Morgan fingerprint density at radius 3 is 2.07 bits per heavy atom. The van der Waals surface area contributed by atoms with E-state index in [4.69, 9.17) is 11.2 Å². The minimum Gasteiger partial charge on any atom is -0.460 e. The molecule has 2 saturated heterocycles. The molecule has 252 valence electrons. The highest BCUT2D eigenvalue weighted by atomic mass is 19.4. The molecule has 0 aliphatic carbocycles. The van der Waals surface area contributed by atoms with Crippen LogP contribution in [0, 0.1) is 18.3 Å². The van der Waals surface area contributed by atoms with E-state index in [1.165, 1.54) is 0 Å². The molecule has 13 heteroatoms. The maximum absolute atomic E-state index is 13.0. The Bertz CT molecular complexity index is 1210. The van der Waals surface area contributed by atoms with Gasteiger partial charge in [-0.1, -0.05) is 25.8 Å². The van der Waals surface area contributed by atoms with Crippen LogP contribution >= 0.6 is 0 Å². The third-order valence-corrected chi connectivity index (χ3v) is 8.67. The van der Waals surface area contributed by atoms with E-state index in [1.54, 1.807) is 0 Å². The second kappa shape index (κ2) is 14.1. The Hall–Kier alpha value is -3.14. The van der Waals surface area contributed by atoms with E-state index in [-0.39, 0.29) is 25.0 Å². The van der Waals surface area contributed by atoms with Crippen LogP contribution in [0.25, 0.3) is 0 Å². The Morgan fingerprint density at radius 1 is 1.02 bits per heavy atom. The summed E-state index contributed by atoms with van der Waals surface area (Å²) in [4.78, 5) is 30.4. The number of ether oxygens (including phenoxy) is 2. The van der Waals surface area contributed by atoms with E-state index < -0.39 is 35.7 Å². The van der Waals surface area contributed by atoms with Crippen LogP contribution in [0.3, 0.4) is 0 Å². The first-order valence-electron chi connectivity index (χ1n) is 15.2. The zero-order chi connectivity index (χ0) is 33.8.